The highest BCUT2D eigenvalue weighted by Gasteiger charge is 2.26. The Bertz CT molecular complexity index is 264. The molecule has 1 aliphatic rings. The van der Waals surface area contributed by atoms with Crippen LogP contribution in [0.5, 0.6) is 0 Å². The van der Waals surface area contributed by atoms with Crippen molar-refractivity contribution in [1.29, 1.82) is 0 Å². The molecule has 0 fully saturated rings. The second-order valence-corrected chi connectivity index (χ2v) is 6.27. The van der Waals surface area contributed by atoms with Gasteiger partial charge in [0.25, 0.3) is 0 Å². The minimum absolute atomic E-state index is 0.0474. The molecule has 0 spiro atoms. The molecule has 16 heavy (non-hydrogen) atoms. The zero-order valence-electron chi connectivity index (χ0n) is 10.4. The van der Waals surface area contributed by atoms with Crippen molar-refractivity contribution in [3.63, 3.8) is 0 Å². The molecule has 3 nitrogen and oxygen atoms in total. The van der Waals surface area contributed by atoms with Crippen molar-refractivity contribution in [2.45, 2.75) is 56.6 Å². The summed E-state index contributed by atoms with van der Waals surface area (Å²) in [4.78, 5) is 15.6. The molecule has 0 N–H and O–H groups in total. The molecule has 1 aliphatic heterocycles. The lowest BCUT2D eigenvalue weighted by Gasteiger charge is -2.14. The largest absolute Gasteiger partial charge is 0.466 e. The summed E-state index contributed by atoms with van der Waals surface area (Å²) in [5.74, 6) is -0.0735. The van der Waals surface area contributed by atoms with E-state index in [-0.39, 0.29) is 10.8 Å². The average Bonchev–Trinajstić information content (AvgIpc) is 2.54. The van der Waals surface area contributed by atoms with Gasteiger partial charge in [-0.05, 0) is 33.6 Å². The molecule has 0 aromatic rings. The van der Waals surface area contributed by atoms with Crippen molar-refractivity contribution in [3.8, 4) is 0 Å². The number of rotatable bonds is 6. The first kappa shape index (κ1) is 13.6. The molecule has 0 saturated carbocycles. The Balaban J connectivity index is 2.05. The van der Waals surface area contributed by atoms with Crippen molar-refractivity contribution < 1.29 is 9.53 Å². The predicted molar refractivity (Wildman–Crippen MR) is 69.1 cm³/mol. The Morgan fingerprint density at radius 3 is 2.81 bits per heavy atom. The number of hydrogen-bond acceptors (Lipinski definition) is 4. The molecule has 1 atom stereocenters. The average molecular weight is 243 g/mol. The Morgan fingerprint density at radius 2 is 2.25 bits per heavy atom. The smallest absolute Gasteiger partial charge is 0.305 e. The summed E-state index contributed by atoms with van der Waals surface area (Å²) in [5, 5.41) is 0.525. The highest BCUT2D eigenvalue weighted by molar-refractivity contribution is 8.02. The van der Waals surface area contributed by atoms with Gasteiger partial charge >= 0.3 is 5.97 Å². The summed E-state index contributed by atoms with van der Waals surface area (Å²) < 4.78 is 4.88. The molecule has 0 bridgehead atoms. The van der Waals surface area contributed by atoms with Gasteiger partial charge in [-0.1, -0.05) is 6.42 Å². The van der Waals surface area contributed by atoms with Crippen LogP contribution in [0.1, 0.15) is 46.5 Å². The fourth-order valence-corrected chi connectivity index (χ4v) is 2.94. The van der Waals surface area contributed by atoms with E-state index in [0.717, 1.165) is 19.3 Å². The van der Waals surface area contributed by atoms with Crippen molar-refractivity contribution in [2.75, 3.05) is 6.61 Å². The third-order valence-electron chi connectivity index (χ3n) is 2.42. The quantitative estimate of drug-likeness (QED) is 0.531. The lowest BCUT2D eigenvalue weighted by atomic mass is 10.1. The first-order chi connectivity index (χ1) is 7.53. The van der Waals surface area contributed by atoms with E-state index in [9.17, 15) is 4.79 Å². The van der Waals surface area contributed by atoms with E-state index >= 15 is 0 Å². The topological polar surface area (TPSA) is 38.7 Å². The summed E-state index contributed by atoms with van der Waals surface area (Å²) >= 11 is 1.90. The number of thioether (sulfide) groups is 1. The van der Waals surface area contributed by atoms with E-state index < -0.39 is 0 Å². The number of hydrogen-bond donors (Lipinski definition) is 0. The van der Waals surface area contributed by atoms with Crippen molar-refractivity contribution >= 4 is 23.9 Å². The predicted octanol–water partition coefficient (Wildman–Crippen LogP) is 3.03. The first-order valence-electron chi connectivity index (χ1n) is 5.92. The zero-order valence-corrected chi connectivity index (χ0v) is 11.2. The Morgan fingerprint density at radius 1 is 1.50 bits per heavy atom. The van der Waals surface area contributed by atoms with Gasteiger partial charge in [0, 0.05) is 17.9 Å². The molecule has 0 radical (unpaired) electrons. The summed E-state index contributed by atoms with van der Waals surface area (Å²) in [6, 6.07) is 0. The van der Waals surface area contributed by atoms with Crippen LogP contribution in [0.3, 0.4) is 0 Å². The van der Waals surface area contributed by atoms with Crippen LogP contribution in [0.25, 0.3) is 0 Å². The standard InChI is InChI=1S/C12H21NO2S/c1-4-15-11(14)8-6-5-7-10-9-13-12(2,3)16-10/h9-10H,4-8H2,1-3H3/t10-/m1/s1. The number of unbranched alkanes of at least 4 members (excludes halogenated alkanes) is 1. The summed E-state index contributed by atoms with van der Waals surface area (Å²) in [5.41, 5.74) is 0. The number of carbonyl (C=O) groups is 1. The van der Waals surface area contributed by atoms with Crippen molar-refractivity contribution in [3.05, 3.63) is 0 Å². The number of nitrogens with zero attached hydrogens (tertiary/aromatic N) is 1. The molecule has 1 rings (SSSR count). The molecule has 0 aliphatic carbocycles. The van der Waals surface area contributed by atoms with Gasteiger partial charge in [0.2, 0.25) is 0 Å². The molecule has 0 unspecified atom stereocenters. The maximum absolute atomic E-state index is 11.1. The van der Waals surface area contributed by atoms with Gasteiger partial charge in [-0.25, -0.2) is 0 Å². The highest BCUT2D eigenvalue weighted by Crippen LogP contribution is 2.36. The fourth-order valence-electron chi connectivity index (χ4n) is 1.68. The molecule has 1 heterocycles. The molecule has 92 valence electrons. The van der Waals surface area contributed by atoms with Gasteiger partial charge in [-0.3, -0.25) is 9.79 Å². The molecule has 0 amide bonds. The number of aliphatic imine (C=N–C) groups is 1. The van der Waals surface area contributed by atoms with Crippen LogP contribution in [0, 0.1) is 0 Å². The van der Waals surface area contributed by atoms with E-state index in [1.165, 1.54) is 0 Å². The fraction of sp³-hybridized carbons (Fsp3) is 0.833. The summed E-state index contributed by atoms with van der Waals surface area (Å²) in [6.07, 6.45) is 5.69. The highest BCUT2D eigenvalue weighted by atomic mass is 32.2. The van der Waals surface area contributed by atoms with Crippen LogP contribution in [-0.2, 0) is 9.53 Å². The van der Waals surface area contributed by atoms with E-state index in [4.69, 9.17) is 4.74 Å². The normalized spacial score (nSPS) is 22.3. The van der Waals surface area contributed by atoms with Gasteiger partial charge < -0.3 is 4.74 Å². The Kier molecular flexibility index (Phi) is 5.32. The van der Waals surface area contributed by atoms with Gasteiger partial charge in [0.15, 0.2) is 0 Å². The van der Waals surface area contributed by atoms with Gasteiger partial charge in [0.05, 0.1) is 6.61 Å². The molecular formula is C12H21NO2S. The molecule has 4 heteroatoms. The second-order valence-electron chi connectivity index (χ2n) is 4.43. The van der Waals surface area contributed by atoms with Crippen LogP contribution in [0.4, 0.5) is 0 Å². The Hall–Kier alpha value is -0.510. The van der Waals surface area contributed by atoms with E-state index in [1.54, 1.807) is 0 Å². The van der Waals surface area contributed by atoms with Gasteiger partial charge in [-0.15, -0.1) is 11.8 Å². The maximum atomic E-state index is 11.1. The molecule has 0 aromatic carbocycles. The van der Waals surface area contributed by atoms with Gasteiger partial charge in [-0.2, -0.15) is 0 Å². The Labute approximate surface area is 102 Å². The van der Waals surface area contributed by atoms with Crippen LogP contribution < -0.4 is 0 Å². The molecular weight excluding hydrogens is 222 g/mol. The third kappa shape index (κ3) is 5.01. The van der Waals surface area contributed by atoms with Crippen LogP contribution in [-0.4, -0.2) is 28.9 Å². The van der Waals surface area contributed by atoms with Crippen LogP contribution >= 0.6 is 11.8 Å². The summed E-state index contributed by atoms with van der Waals surface area (Å²) in [6.45, 7) is 6.59. The minimum Gasteiger partial charge on any atom is -0.466 e. The number of ether oxygens (including phenoxy) is 1. The van der Waals surface area contributed by atoms with E-state index in [2.05, 4.69) is 25.1 Å². The number of carbonyl (C=O) groups excluding carboxylic acids is 1. The van der Waals surface area contributed by atoms with Crippen molar-refractivity contribution in [1.82, 2.24) is 0 Å². The SMILES string of the molecule is CCOC(=O)CCCC[C@@H]1C=NC(C)(C)S1. The maximum Gasteiger partial charge on any atom is 0.305 e. The zero-order chi connectivity index (χ0) is 12.0. The first-order valence-corrected chi connectivity index (χ1v) is 6.80. The van der Waals surface area contributed by atoms with Crippen molar-refractivity contribution in [2.24, 2.45) is 4.99 Å². The number of esters is 1. The second kappa shape index (κ2) is 6.28. The lowest BCUT2D eigenvalue weighted by Crippen LogP contribution is -2.09. The van der Waals surface area contributed by atoms with E-state index in [1.807, 2.05) is 18.7 Å². The minimum atomic E-state index is -0.0735. The summed E-state index contributed by atoms with van der Waals surface area (Å²) in [7, 11) is 0. The monoisotopic (exact) mass is 243 g/mol. The third-order valence-corrected chi connectivity index (χ3v) is 3.76. The van der Waals surface area contributed by atoms with E-state index in [0.29, 0.717) is 18.3 Å². The molecule has 0 aromatic heterocycles. The molecule has 0 saturated heterocycles. The van der Waals surface area contributed by atoms with Gasteiger partial charge in [0.1, 0.15) is 4.87 Å². The van der Waals surface area contributed by atoms with Crippen LogP contribution in [0.15, 0.2) is 4.99 Å². The van der Waals surface area contributed by atoms with Crippen LogP contribution in [0.2, 0.25) is 0 Å². The lowest BCUT2D eigenvalue weighted by molar-refractivity contribution is -0.143.